The summed E-state index contributed by atoms with van der Waals surface area (Å²) in [7, 11) is 0. The highest BCUT2D eigenvalue weighted by Gasteiger charge is 2.30. The van der Waals surface area contributed by atoms with Gasteiger partial charge in [-0.3, -0.25) is 0 Å². The number of nitrogens with one attached hydrogen (secondary N) is 1. The Kier molecular flexibility index (Phi) is 5.80. The normalized spacial score (nSPS) is 13.7. The summed E-state index contributed by atoms with van der Waals surface area (Å²) >= 11 is 1.84. The van der Waals surface area contributed by atoms with Gasteiger partial charge >= 0.3 is 0 Å². The molecule has 21 heavy (non-hydrogen) atoms. The second-order valence-corrected chi connectivity index (χ2v) is 6.92. The van der Waals surface area contributed by atoms with E-state index in [1.807, 2.05) is 11.3 Å². The Balaban J connectivity index is 2.21. The molecule has 3 heteroatoms. The maximum atomic E-state index is 5.99. The molecule has 2 aromatic rings. The molecule has 1 aromatic heterocycles. The van der Waals surface area contributed by atoms with Gasteiger partial charge in [-0.15, -0.1) is 11.3 Å². The van der Waals surface area contributed by atoms with Crippen LogP contribution in [0.2, 0.25) is 0 Å². The van der Waals surface area contributed by atoms with E-state index in [-0.39, 0.29) is 5.60 Å². The minimum atomic E-state index is -0.160. The zero-order valence-corrected chi connectivity index (χ0v) is 14.4. The van der Waals surface area contributed by atoms with Crippen LogP contribution in [0.4, 0.5) is 0 Å². The summed E-state index contributed by atoms with van der Waals surface area (Å²) in [6.07, 6.45) is 2.15. The maximum absolute atomic E-state index is 5.99. The zero-order valence-electron chi connectivity index (χ0n) is 13.6. The van der Waals surface area contributed by atoms with Crippen LogP contribution in [-0.4, -0.2) is 24.8 Å². The van der Waals surface area contributed by atoms with Crippen LogP contribution in [0.5, 0.6) is 0 Å². The number of thiophene rings is 1. The summed E-state index contributed by atoms with van der Waals surface area (Å²) in [5, 5.41) is 7.36. The molecule has 116 valence electrons. The summed E-state index contributed by atoms with van der Waals surface area (Å²) < 4.78 is 7.36. The van der Waals surface area contributed by atoms with E-state index in [1.54, 1.807) is 0 Å². The van der Waals surface area contributed by atoms with Gasteiger partial charge in [0.1, 0.15) is 0 Å². The van der Waals surface area contributed by atoms with Gasteiger partial charge in [0.15, 0.2) is 0 Å². The molecule has 1 heterocycles. The van der Waals surface area contributed by atoms with Gasteiger partial charge in [0.2, 0.25) is 0 Å². The Hall–Kier alpha value is -0.900. The highest BCUT2D eigenvalue weighted by molar-refractivity contribution is 7.17. The molecule has 0 fully saturated rings. The van der Waals surface area contributed by atoms with Crippen LogP contribution in [0, 0.1) is 0 Å². The van der Waals surface area contributed by atoms with E-state index in [0.29, 0.717) is 6.04 Å². The SMILES string of the molecule is CCCNC(Cc1csc2ccccc12)C(C)(C)OCC. The number of rotatable bonds is 8. The van der Waals surface area contributed by atoms with Crippen LogP contribution in [0.1, 0.15) is 39.7 Å². The Morgan fingerprint density at radius 1 is 1.24 bits per heavy atom. The molecule has 1 aromatic carbocycles. The van der Waals surface area contributed by atoms with Crippen molar-refractivity contribution in [3.05, 3.63) is 35.2 Å². The molecule has 2 nitrogen and oxygen atoms in total. The van der Waals surface area contributed by atoms with Crippen molar-refractivity contribution in [2.24, 2.45) is 0 Å². The highest BCUT2D eigenvalue weighted by Crippen LogP contribution is 2.29. The van der Waals surface area contributed by atoms with Gasteiger partial charge in [-0.25, -0.2) is 0 Å². The maximum Gasteiger partial charge on any atom is 0.0781 e. The van der Waals surface area contributed by atoms with Gasteiger partial charge in [-0.1, -0.05) is 25.1 Å². The predicted octanol–water partition coefficient (Wildman–Crippen LogP) is 4.63. The molecular weight excluding hydrogens is 278 g/mol. The predicted molar refractivity (Wildman–Crippen MR) is 93.3 cm³/mol. The first-order valence-corrected chi connectivity index (χ1v) is 8.79. The van der Waals surface area contributed by atoms with Crippen LogP contribution in [0.3, 0.4) is 0 Å². The lowest BCUT2D eigenvalue weighted by Gasteiger charge is -2.35. The lowest BCUT2D eigenvalue weighted by Crippen LogP contribution is -2.50. The second kappa shape index (κ2) is 7.39. The fourth-order valence-corrected chi connectivity index (χ4v) is 3.74. The number of hydrogen-bond donors (Lipinski definition) is 1. The third kappa shape index (κ3) is 4.06. The lowest BCUT2D eigenvalue weighted by atomic mass is 9.91. The van der Waals surface area contributed by atoms with E-state index in [2.05, 4.69) is 62.7 Å². The van der Waals surface area contributed by atoms with E-state index < -0.39 is 0 Å². The van der Waals surface area contributed by atoms with Gasteiger partial charge < -0.3 is 10.1 Å². The number of fused-ring (bicyclic) bond motifs is 1. The Morgan fingerprint density at radius 3 is 2.71 bits per heavy atom. The van der Waals surface area contributed by atoms with Crippen molar-refractivity contribution >= 4 is 21.4 Å². The molecule has 0 aliphatic rings. The first-order valence-electron chi connectivity index (χ1n) is 7.91. The van der Waals surface area contributed by atoms with Crippen molar-refractivity contribution in [3.8, 4) is 0 Å². The summed E-state index contributed by atoms with van der Waals surface area (Å²) in [4.78, 5) is 0. The standard InChI is InChI=1S/C18H27NOS/c1-5-11-19-17(18(3,4)20-6-2)12-14-13-21-16-10-8-7-9-15(14)16/h7-10,13,17,19H,5-6,11-12H2,1-4H3. The summed E-state index contributed by atoms with van der Waals surface area (Å²) in [5.41, 5.74) is 1.27. The monoisotopic (exact) mass is 305 g/mol. The van der Waals surface area contributed by atoms with Crippen LogP contribution in [0.15, 0.2) is 29.6 Å². The molecule has 1 atom stereocenters. The number of ether oxygens (including phenoxy) is 1. The van der Waals surface area contributed by atoms with Crippen LogP contribution >= 0.6 is 11.3 Å². The van der Waals surface area contributed by atoms with Crippen molar-refractivity contribution in [1.82, 2.24) is 5.32 Å². The Morgan fingerprint density at radius 2 is 2.00 bits per heavy atom. The molecule has 0 aliphatic heterocycles. The minimum absolute atomic E-state index is 0.160. The third-order valence-corrected chi connectivity index (χ3v) is 4.99. The molecule has 0 saturated carbocycles. The summed E-state index contributed by atoms with van der Waals surface area (Å²) in [5.74, 6) is 0. The van der Waals surface area contributed by atoms with Gasteiger partial charge in [-0.05, 0) is 62.6 Å². The first-order chi connectivity index (χ1) is 10.1. The fraction of sp³-hybridized carbons (Fsp3) is 0.556. The van der Waals surface area contributed by atoms with Gasteiger partial charge in [0.25, 0.3) is 0 Å². The van der Waals surface area contributed by atoms with E-state index in [1.165, 1.54) is 15.6 Å². The molecule has 0 saturated heterocycles. The molecule has 0 radical (unpaired) electrons. The van der Waals surface area contributed by atoms with Crippen molar-refractivity contribution in [1.29, 1.82) is 0 Å². The minimum Gasteiger partial charge on any atom is -0.374 e. The van der Waals surface area contributed by atoms with Gasteiger partial charge in [0, 0.05) is 17.3 Å². The molecule has 2 rings (SSSR count). The molecule has 0 amide bonds. The molecule has 1 unspecified atom stereocenters. The van der Waals surface area contributed by atoms with E-state index in [4.69, 9.17) is 4.74 Å². The molecule has 0 spiro atoms. The smallest absolute Gasteiger partial charge is 0.0781 e. The molecular formula is C18H27NOS. The van der Waals surface area contributed by atoms with Crippen LogP contribution in [0.25, 0.3) is 10.1 Å². The Labute approximate surface area is 132 Å². The van der Waals surface area contributed by atoms with Crippen molar-refractivity contribution in [2.45, 2.75) is 52.2 Å². The largest absolute Gasteiger partial charge is 0.374 e. The van der Waals surface area contributed by atoms with Crippen molar-refractivity contribution in [3.63, 3.8) is 0 Å². The first kappa shape index (κ1) is 16.5. The van der Waals surface area contributed by atoms with Gasteiger partial charge in [-0.2, -0.15) is 0 Å². The fourth-order valence-electron chi connectivity index (χ4n) is 2.77. The average Bonchev–Trinajstić information content (AvgIpc) is 2.86. The number of benzene rings is 1. The van der Waals surface area contributed by atoms with Crippen molar-refractivity contribution < 1.29 is 4.74 Å². The Bertz CT molecular complexity index is 561. The van der Waals surface area contributed by atoms with E-state index in [9.17, 15) is 0 Å². The summed E-state index contributed by atoms with van der Waals surface area (Å²) in [6, 6.07) is 8.99. The van der Waals surface area contributed by atoms with E-state index in [0.717, 1.165) is 26.0 Å². The molecule has 1 N–H and O–H groups in total. The van der Waals surface area contributed by atoms with Crippen LogP contribution in [-0.2, 0) is 11.2 Å². The van der Waals surface area contributed by atoms with Crippen LogP contribution < -0.4 is 5.32 Å². The average molecular weight is 305 g/mol. The van der Waals surface area contributed by atoms with Crippen molar-refractivity contribution in [2.75, 3.05) is 13.2 Å². The number of hydrogen-bond acceptors (Lipinski definition) is 3. The molecule has 0 aliphatic carbocycles. The quantitative estimate of drug-likeness (QED) is 0.768. The summed E-state index contributed by atoms with van der Waals surface area (Å²) in [6.45, 7) is 10.4. The van der Waals surface area contributed by atoms with E-state index >= 15 is 0 Å². The third-order valence-electron chi connectivity index (χ3n) is 3.98. The second-order valence-electron chi connectivity index (χ2n) is 6.00. The zero-order chi connectivity index (χ0) is 15.3. The topological polar surface area (TPSA) is 21.3 Å². The molecule has 0 bridgehead atoms. The van der Waals surface area contributed by atoms with Gasteiger partial charge in [0.05, 0.1) is 5.60 Å². The highest BCUT2D eigenvalue weighted by atomic mass is 32.1. The lowest BCUT2D eigenvalue weighted by molar-refractivity contribution is -0.0379.